The first kappa shape index (κ1) is 18.9. The van der Waals surface area contributed by atoms with E-state index in [1.807, 2.05) is 0 Å². The largest absolute Gasteiger partial charge is 0.385 e. The molecule has 0 saturated heterocycles. The summed E-state index contributed by atoms with van der Waals surface area (Å²) in [6, 6.07) is 8.72. The van der Waals surface area contributed by atoms with Gasteiger partial charge in [-0.15, -0.1) is 0 Å². The van der Waals surface area contributed by atoms with E-state index < -0.39 is 0 Å². The van der Waals surface area contributed by atoms with E-state index in [0.29, 0.717) is 0 Å². The van der Waals surface area contributed by atoms with Crippen molar-refractivity contribution in [3.8, 4) is 0 Å². The average molecular weight is 305 g/mol. The van der Waals surface area contributed by atoms with Gasteiger partial charge in [0.1, 0.15) is 0 Å². The molecule has 1 rings (SSSR count). The van der Waals surface area contributed by atoms with Crippen LogP contribution in [0.1, 0.15) is 66.2 Å². The molecule has 0 heterocycles. The van der Waals surface area contributed by atoms with Crippen molar-refractivity contribution in [2.45, 2.75) is 66.2 Å². The monoisotopic (exact) mass is 304 g/mol. The van der Waals surface area contributed by atoms with E-state index in [2.05, 4.69) is 62.6 Å². The van der Waals surface area contributed by atoms with E-state index in [-0.39, 0.29) is 0 Å². The summed E-state index contributed by atoms with van der Waals surface area (Å²) in [6.45, 7) is 11.3. The van der Waals surface area contributed by atoms with Gasteiger partial charge in [-0.05, 0) is 48.9 Å². The van der Waals surface area contributed by atoms with Gasteiger partial charge in [-0.1, -0.05) is 53.4 Å². The van der Waals surface area contributed by atoms with Gasteiger partial charge in [-0.3, -0.25) is 0 Å². The number of benzene rings is 1. The predicted octanol–water partition coefficient (Wildman–Crippen LogP) is 6.16. The number of hydrogen-bond acceptors (Lipinski definition) is 2. The average Bonchev–Trinajstić information content (AvgIpc) is 2.47. The van der Waals surface area contributed by atoms with Gasteiger partial charge in [0.15, 0.2) is 0 Å². The summed E-state index contributed by atoms with van der Waals surface area (Å²) in [5.74, 6) is 1.65. The number of rotatable bonds is 12. The van der Waals surface area contributed by atoms with Crippen molar-refractivity contribution in [3.05, 3.63) is 24.3 Å². The fraction of sp³-hybridized carbons (Fsp3) is 0.700. The highest BCUT2D eigenvalue weighted by Crippen LogP contribution is 2.15. The molecule has 0 spiro atoms. The topological polar surface area (TPSA) is 24.1 Å². The maximum atomic E-state index is 3.51. The second kappa shape index (κ2) is 11.4. The Morgan fingerprint density at radius 1 is 0.636 bits per heavy atom. The van der Waals surface area contributed by atoms with Gasteiger partial charge in [0.2, 0.25) is 0 Å². The SMILES string of the molecule is CC(C)CCCCNc1ccc(NCCCCC(C)C)cc1. The van der Waals surface area contributed by atoms with Crippen molar-refractivity contribution < 1.29 is 0 Å². The van der Waals surface area contributed by atoms with Crippen molar-refractivity contribution in [1.29, 1.82) is 0 Å². The summed E-state index contributed by atoms with van der Waals surface area (Å²) >= 11 is 0. The number of hydrogen-bond donors (Lipinski definition) is 2. The van der Waals surface area contributed by atoms with Gasteiger partial charge in [0, 0.05) is 24.5 Å². The molecule has 2 nitrogen and oxygen atoms in total. The lowest BCUT2D eigenvalue weighted by Crippen LogP contribution is -2.04. The Balaban J connectivity index is 2.12. The van der Waals surface area contributed by atoms with Crippen molar-refractivity contribution in [1.82, 2.24) is 0 Å². The van der Waals surface area contributed by atoms with Crippen LogP contribution in [-0.4, -0.2) is 13.1 Å². The minimum absolute atomic E-state index is 0.825. The smallest absolute Gasteiger partial charge is 0.0341 e. The third kappa shape index (κ3) is 9.70. The highest BCUT2D eigenvalue weighted by atomic mass is 14.9. The zero-order valence-corrected chi connectivity index (χ0v) is 15.1. The van der Waals surface area contributed by atoms with E-state index in [0.717, 1.165) is 24.9 Å². The zero-order chi connectivity index (χ0) is 16.2. The molecule has 126 valence electrons. The van der Waals surface area contributed by atoms with Gasteiger partial charge in [-0.25, -0.2) is 0 Å². The molecule has 0 unspecified atom stereocenters. The second-order valence-electron chi connectivity index (χ2n) is 7.21. The standard InChI is InChI=1S/C20H36N2/c1-17(2)9-5-7-15-21-19-11-13-20(14-12-19)22-16-8-6-10-18(3)4/h11-14,17-18,21-22H,5-10,15-16H2,1-4H3. The Labute approximate surface area is 138 Å². The molecule has 0 bridgehead atoms. The first-order chi connectivity index (χ1) is 10.6. The first-order valence-corrected chi connectivity index (χ1v) is 9.15. The van der Waals surface area contributed by atoms with Gasteiger partial charge in [0.05, 0.1) is 0 Å². The van der Waals surface area contributed by atoms with Gasteiger partial charge >= 0.3 is 0 Å². The summed E-state index contributed by atoms with van der Waals surface area (Å²) in [6.07, 6.45) is 7.83. The van der Waals surface area contributed by atoms with Crippen molar-refractivity contribution >= 4 is 11.4 Å². The molecule has 2 heteroatoms. The van der Waals surface area contributed by atoms with Crippen LogP contribution in [0.25, 0.3) is 0 Å². The Kier molecular flexibility index (Phi) is 9.77. The highest BCUT2D eigenvalue weighted by molar-refractivity contribution is 5.53. The normalized spacial score (nSPS) is 11.2. The molecule has 0 aliphatic heterocycles. The molecule has 0 saturated carbocycles. The van der Waals surface area contributed by atoms with E-state index in [1.54, 1.807) is 0 Å². The number of nitrogens with one attached hydrogen (secondary N) is 2. The predicted molar refractivity (Wildman–Crippen MR) is 101 cm³/mol. The fourth-order valence-corrected chi connectivity index (χ4v) is 2.53. The first-order valence-electron chi connectivity index (χ1n) is 9.15. The molecule has 0 atom stereocenters. The Bertz CT molecular complexity index is 331. The van der Waals surface area contributed by atoms with E-state index >= 15 is 0 Å². The fourth-order valence-electron chi connectivity index (χ4n) is 2.53. The number of unbranched alkanes of at least 4 members (excludes halogenated alkanes) is 2. The molecule has 1 aromatic carbocycles. The minimum atomic E-state index is 0.825. The minimum Gasteiger partial charge on any atom is -0.385 e. The zero-order valence-electron chi connectivity index (χ0n) is 15.1. The third-order valence-electron chi connectivity index (χ3n) is 3.96. The lowest BCUT2D eigenvalue weighted by atomic mass is 10.1. The molecule has 0 amide bonds. The lowest BCUT2D eigenvalue weighted by molar-refractivity contribution is 0.544. The quantitative estimate of drug-likeness (QED) is 0.452. The van der Waals surface area contributed by atoms with Crippen LogP contribution in [0.4, 0.5) is 11.4 Å². The molecular formula is C20H36N2. The van der Waals surface area contributed by atoms with Crippen molar-refractivity contribution in [2.75, 3.05) is 23.7 Å². The molecule has 0 aromatic heterocycles. The van der Waals surface area contributed by atoms with Crippen molar-refractivity contribution in [3.63, 3.8) is 0 Å². The molecule has 1 aromatic rings. The van der Waals surface area contributed by atoms with E-state index in [4.69, 9.17) is 0 Å². The molecule has 0 fully saturated rings. The number of anilines is 2. The molecular weight excluding hydrogens is 268 g/mol. The summed E-state index contributed by atoms with van der Waals surface area (Å²) in [4.78, 5) is 0. The van der Waals surface area contributed by atoms with Crippen LogP contribution in [0.5, 0.6) is 0 Å². The molecule has 0 aliphatic carbocycles. The van der Waals surface area contributed by atoms with Crippen LogP contribution in [0, 0.1) is 11.8 Å². The van der Waals surface area contributed by atoms with Crippen LogP contribution in [0.15, 0.2) is 24.3 Å². The Morgan fingerprint density at radius 2 is 1.00 bits per heavy atom. The summed E-state index contributed by atoms with van der Waals surface area (Å²) in [5, 5.41) is 7.01. The molecule has 22 heavy (non-hydrogen) atoms. The van der Waals surface area contributed by atoms with Crippen LogP contribution in [0.3, 0.4) is 0 Å². The van der Waals surface area contributed by atoms with Gasteiger partial charge in [0.25, 0.3) is 0 Å². The van der Waals surface area contributed by atoms with Gasteiger partial charge in [-0.2, -0.15) is 0 Å². The van der Waals surface area contributed by atoms with Gasteiger partial charge < -0.3 is 10.6 Å². The van der Waals surface area contributed by atoms with Crippen molar-refractivity contribution in [2.24, 2.45) is 11.8 Å². The summed E-state index contributed by atoms with van der Waals surface area (Å²) in [5.41, 5.74) is 2.46. The third-order valence-corrected chi connectivity index (χ3v) is 3.96. The molecule has 0 aliphatic rings. The molecule has 0 radical (unpaired) electrons. The lowest BCUT2D eigenvalue weighted by Gasteiger charge is -2.10. The van der Waals surface area contributed by atoms with Crippen LogP contribution < -0.4 is 10.6 Å². The Morgan fingerprint density at radius 3 is 1.32 bits per heavy atom. The van der Waals surface area contributed by atoms with E-state index in [1.165, 1.54) is 49.9 Å². The van der Waals surface area contributed by atoms with Crippen LogP contribution in [0.2, 0.25) is 0 Å². The second-order valence-corrected chi connectivity index (χ2v) is 7.21. The highest BCUT2D eigenvalue weighted by Gasteiger charge is 1.97. The molecule has 2 N–H and O–H groups in total. The summed E-state index contributed by atoms with van der Waals surface area (Å²) < 4.78 is 0. The van der Waals surface area contributed by atoms with Crippen LogP contribution in [-0.2, 0) is 0 Å². The Hall–Kier alpha value is -1.18. The maximum absolute atomic E-state index is 3.51. The van der Waals surface area contributed by atoms with Crippen LogP contribution >= 0.6 is 0 Å². The maximum Gasteiger partial charge on any atom is 0.0341 e. The van der Waals surface area contributed by atoms with E-state index in [9.17, 15) is 0 Å². The summed E-state index contributed by atoms with van der Waals surface area (Å²) in [7, 11) is 0.